The van der Waals surface area contributed by atoms with Crippen molar-refractivity contribution in [2.24, 2.45) is 11.3 Å². The van der Waals surface area contributed by atoms with Crippen molar-refractivity contribution in [2.45, 2.75) is 53.1 Å². The van der Waals surface area contributed by atoms with Gasteiger partial charge < -0.3 is 14.8 Å². The summed E-state index contributed by atoms with van der Waals surface area (Å²) >= 11 is 0. The van der Waals surface area contributed by atoms with Crippen LogP contribution in [0, 0.1) is 11.3 Å². The molecule has 0 aromatic carbocycles. The lowest BCUT2D eigenvalue weighted by atomic mass is 9.71. The van der Waals surface area contributed by atoms with Gasteiger partial charge in [-0.1, -0.05) is 13.8 Å². The molecule has 0 aromatic rings. The van der Waals surface area contributed by atoms with E-state index in [2.05, 4.69) is 25.7 Å². The zero-order valence-corrected chi connectivity index (χ0v) is 12.6. The van der Waals surface area contributed by atoms with E-state index in [9.17, 15) is 0 Å². The molecule has 0 atom stereocenters. The van der Waals surface area contributed by atoms with E-state index in [0.717, 1.165) is 32.6 Å². The number of nitrogens with one attached hydrogen (secondary N) is 1. The average Bonchev–Trinajstić information content (AvgIpc) is 2.25. The third-order valence-electron chi connectivity index (χ3n) is 3.78. The van der Waals surface area contributed by atoms with Gasteiger partial charge in [-0.25, -0.2) is 0 Å². The Morgan fingerprint density at radius 1 is 1.33 bits per heavy atom. The predicted molar refractivity (Wildman–Crippen MR) is 75.3 cm³/mol. The van der Waals surface area contributed by atoms with Crippen molar-refractivity contribution in [3.8, 4) is 0 Å². The van der Waals surface area contributed by atoms with Gasteiger partial charge in [-0.2, -0.15) is 0 Å². The van der Waals surface area contributed by atoms with Crippen molar-refractivity contribution in [1.82, 2.24) is 5.32 Å². The Morgan fingerprint density at radius 2 is 1.89 bits per heavy atom. The SMILES string of the molecule is C=C(NCC1(C(C)C)CCOCC1)OC(C)(C)C. The maximum absolute atomic E-state index is 5.72. The molecule has 1 saturated heterocycles. The van der Waals surface area contributed by atoms with Gasteiger partial charge in [0.05, 0.1) is 0 Å². The Bertz CT molecular complexity index is 273. The second kappa shape index (κ2) is 5.96. The van der Waals surface area contributed by atoms with Crippen LogP contribution in [0.5, 0.6) is 0 Å². The van der Waals surface area contributed by atoms with Crippen LogP contribution < -0.4 is 5.32 Å². The summed E-state index contributed by atoms with van der Waals surface area (Å²) in [6.07, 6.45) is 2.22. The first kappa shape index (κ1) is 15.4. The third-order valence-corrected chi connectivity index (χ3v) is 3.78. The molecular weight excluding hydrogens is 226 g/mol. The Balaban J connectivity index is 2.50. The molecule has 0 saturated carbocycles. The van der Waals surface area contributed by atoms with Gasteiger partial charge in [-0.15, -0.1) is 0 Å². The summed E-state index contributed by atoms with van der Waals surface area (Å²) in [5.41, 5.74) is 0.118. The zero-order valence-electron chi connectivity index (χ0n) is 12.6. The van der Waals surface area contributed by atoms with Crippen molar-refractivity contribution in [2.75, 3.05) is 19.8 Å². The number of rotatable bonds is 5. The van der Waals surface area contributed by atoms with E-state index in [1.807, 2.05) is 20.8 Å². The lowest BCUT2D eigenvalue weighted by Gasteiger charge is -2.41. The molecule has 18 heavy (non-hydrogen) atoms. The maximum atomic E-state index is 5.72. The van der Waals surface area contributed by atoms with Gasteiger partial charge in [0.1, 0.15) is 5.60 Å². The highest BCUT2D eigenvalue weighted by Crippen LogP contribution is 2.37. The molecule has 0 radical (unpaired) electrons. The van der Waals surface area contributed by atoms with E-state index < -0.39 is 0 Å². The van der Waals surface area contributed by atoms with Gasteiger partial charge in [-0.3, -0.25) is 0 Å². The Kier molecular flexibility index (Phi) is 5.09. The first-order chi connectivity index (χ1) is 8.25. The van der Waals surface area contributed by atoms with E-state index in [4.69, 9.17) is 9.47 Å². The Morgan fingerprint density at radius 3 is 2.33 bits per heavy atom. The standard InChI is InChI=1S/C15H29NO2/c1-12(2)15(7-9-17-10-8-15)11-16-13(3)18-14(4,5)6/h12,16H,3,7-11H2,1-2,4-6H3. The maximum Gasteiger partial charge on any atom is 0.179 e. The molecule has 1 heterocycles. The van der Waals surface area contributed by atoms with Crippen molar-refractivity contribution in [1.29, 1.82) is 0 Å². The molecule has 0 unspecified atom stereocenters. The molecule has 0 aromatic heterocycles. The first-order valence-corrected chi connectivity index (χ1v) is 6.95. The van der Waals surface area contributed by atoms with Gasteiger partial charge in [0.25, 0.3) is 0 Å². The number of ether oxygens (including phenoxy) is 2. The fraction of sp³-hybridized carbons (Fsp3) is 0.867. The van der Waals surface area contributed by atoms with Crippen LogP contribution in [0.1, 0.15) is 47.5 Å². The highest BCUT2D eigenvalue weighted by Gasteiger charge is 2.35. The molecule has 3 nitrogen and oxygen atoms in total. The van der Waals surface area contributed by atoms with Crippen LogP contribution >= 0.6 is 0 Å². The average molecular weight is 255 g/mol. The Hall–Kier alpha value is -0.700. The van der Waals surface area contributed by atoms with Crippen LogP contribution in [-0.4, -0.2) is 25.4 Å². The fourth-order valence-electron chi connectivity index (χ4n) is 2.42. The lowest BCUT2D eigenvalue weighted by Crippen LogP contribution is -2.43. The molecule has 1 aliphatic heterocycles. The van der Waals surface area contributed by atoms with Crippen LogP contribution in [0.3, 0.4) is 0 Å². The molecular formula is C15H29NO2. The summed E-state index contributed by atoms with van der Waals surface area (Å²) in [7, 11) is 0. The molecule has 0 aliphatic carbocycles. The van der Waals surface area contributed by atoms with Gasteiger partial charge in [0.2, 0.25) is 0 Å². The summed E-state index contributed by atoms with van der Waals surface area (Å²) in [4.78, 5) is 0. The van der Waals surface area contributed by atoms with Crippen LogP contribution in [-0.2, 0) is 9.47 Å². The van der Waals surface area contributed by atoms with E-state index in [0.29, 0.717) is 17.2 Å². The van der Waals surface area contributed by atoms with Crippen molar-refractivity contribution in [3.05, 3.63) is 12.5 Å². The molecule has 0 bridgehead atoms. The summed E-state index contributed by atoms with van der Waals surface area (Å²) < 4.78 is 11.2. The highest BCUT2D eigenvalue weighted by atomic mass is 16.5. The lowest BCUT2D eigenvalue weighted by molar-refractivity contribution is -0.0162. The second-order valence-corrected chi connectivity index (χ2v) is 6.62. The monoisotopic (exact) mass is 255 g/mol. The number of hydrogen-bond donors (Lipinski definition) is 1. The summed E-state index contributed by atoms with van der Waals surface area (Å²) in [5, 5.41) is 3.36. The minimum atomic E-state index is -0.190. The van der Waals surface area contributed by atoms with Crippen LogP contribution in [0.4, 0.5) is 0 Å². The molecule has 1 fully saturated rings. The minimum Gasteiger partial charge on any atom is -0.474 e. The van der Waals surface area contributed by atoms with E-state index in [1.165, 1.54) is 0 Å². The van der Waals surface area contributed by atoms with Gasteiger partial charge >= 0.3 is 0 Å². The molecule has 1 rings (SSSR count). The first-order valence-electron chi connectivity index (χ1n) is 6.95. The molecule has 0 spiro atoms. The molecule has 3 heteroatoms. The third kappa shape index (κ3) is 4.52. The van der Waals surface area contributed by atoms with Gasteiger partial charge in [0, 0.05) is 19.8 Å². The minimum absolute atomic E-state index is 0.190. The van der Waals surface area contributed by atoms with Gasteiger partial charge in [-0.05, 0) is 51.5 Å². The van der Waals surface area contributed by atoms with E-state index in [-0.39, 0.29) is 5.60 Å². The normalized spacial score (nSPS) is 19.7. The van der Waals surface area contributed by atoms with E-state index >= 15 is 0 Å². The number of hydrogen-bond acceptors (Lipinski definition) is 3. The summed E-state index contributed by atoms with van der Waals surface area (Å²) in [6.45, 7) is 17.3. The van der Waals surface area contributed by atoms with Crippen molar-refractivity contribution < 1.29 is 9.47 Å². The van der Waals surface area contributed by atoms with Crippen LogP contribution in [0.15, 0.2) is 12.5 Å². The quantitative estimate of drug-likeness (QED) is 0.765. The van der Waals surface area contributed by atoms with Gasteiger partial charge in [0.15, 0.2) is 5.88 Å². The van der Waals surface area contributed by atoms with Crippen molar-refractivity contribution in [3.63, 3.8) is 0 Å². The highest BCUT2D eigenvalue weighted by molar-refractivity contribution is 4.92. The molecule has 1 N–H and O–H groups in total. The molecule has 1 aliphatic rings. The van der Waals surface area contributed by atoms with Crippen molar-refractivity contribution >= 4 is 0 Å². The smallest absolute Gasteiger partial charge is 0.179 e. The summed E-state index contributed by atoms with van der Waals surface area (Å²) in [6, 6.07) is 0. The van der Waals surface area contributed by atoms with E-state index in [1.54, 1.807) is 0 Å². The Labute approximate surface area is 112 Å². The predicted octanol–water partition coefficient (Wildman–Crippen LogP) is 3.32. The largest absolute Gasteiger partial charge is 0.474 e. The van der Waals surface area contributed by atoms with Crippen LogP contribution in [0.2, 0.25) is 0 Å². The summed E-state index contributed by atoms with van der Waals surface area (Å²) in [5.74, 6) is 1.31. The zero-order chi connectivity index (χ0) is 13.8. The van der Waals surface area contributed by atoms with Crippen LogP contribution in [0.25, 0.3) is 0 Å². The second-order valence-electron chi connectivity index (χ2n) is 6.62. The topological polar surface area (TPSA) is 30.5 Å². The molecule has 0 amide bonds. The fourth-order valence-corrected chi connectivity index (χ4v) is 2.42. The molecule has 106 valence electrons.